The fourth-order valence-electron chi connectivity index (χ4n) is 1.51. The van der Waals surface area contributed by atoms with E-state index in [0.29, 0.717) is 13.2 Å². The minimum Gasteiger partial charge on any atom is -0.490 e. The summed E-state index contributed by atoms with van der Waals surface area (Å²) in [5.74, 6) is 0.944. The van der Waals surface area contributed by atoms with Crippen LogP contribution in [0.2, 0.25) is 0 Å². The maximum absolute atomic E-state index is 5.67. The van der Waals surface area contributed by atoms with Crippen molar-refractivity contribution < 1.29 is 9.47 Å². The predicted molar refractivity (Wildman–Crippen MR) is 55.4 cm³/mol. The quantitative estimate of drug-likeness (QED) is 0.682. The third-order valence-electron chi connectivity index (χ3n) is 2.19. The standard InChI is InChI=1S/C12H14O2/c1-9(2)7-13-12-8-14-11-6-4-3-5-10(11)12/h3-6,12H,1,7-8H2,2H3. The highest BCUT2D eigenvalue weighted by Gasteiger charge is 2.23. The largest absolute Gasteiger partial charge is 0.490 e. The molecule has 2 rings (SSSR count). The summed E-state index contributed by atoms with van der Waals surface area (Å²) in [6.45, 7) is 6.98. The number of rotatable bonds is 3. The molecule has 14 heavy (non-hydrogen) atoms. The van der Waals surface area contributed by atoms with Gasteiger partial charge in [-0.25, -0.2) is 0 Å². The number of fused-ring (bicyclic) bond motifs is 1. The number of hydrogen-bond acceptors (Lipinski definition) is 2. The van der Waals surface area contributed by atoms with Gasteiger partial charge in [0.05, 0.1) is 6.61 Å². The highest BCUT2D eigenvalue weighted by atomic mass is 16.5. The lowest BCUT2D eigenvalue weighted by Crippen LogP contribution is -2.07. The number of hydrogen-bond donors (Lipinski definition) is 0. The van der Waals surface area contributed by atoms with Gasteiger partial charge in [0, 0.05) is 5.56 Å². The van der Waals surface area contributed by atoms with Crippen molar-refractivity contribution in [2.75, 3.05) is 13.2 Å². The lowest BCUT2D eigenvalue weighted by Gasteiger charge is -2.10. The molecular formula is C12H14O2. The monoisotopic (exact) mass is 190 g/mol. The summed E-state index contributed by atoms with van der Waals surface area (Å²) >= 11 is 0. The van der Waals surface area contributed by atoms with Gasteiger partial charge in [0.2, 0.25) is 0 Å². The van der Waals surface area contributed by atoms with E-state index in [0.717, 1.165) is 16.9 Å². The smallest absolute Gasteiger partial charge is 0.125 e. The molecule has 0 fully saturated rings. The highest BCUT2D eigenvalue weighted by Crippen LogP contribution is 2.34. The van der Waals surface area contributed by atoms with E-state index in [4.69, 9.17) is 9.47 Å². The van der Waals surface area contributed by atoms with Gasteiger partial charge in [-0.05, 0) is 13.0 Å². The Balaban J connectivity index is 2.07. The van der Waals surface area contributed by atoms with Crippen molar-refractivity contribution in [3.63, 3.8) is 0 Å². The van der Waals surface area contributed by atoms with Gasteiger partial charge in [0.25, 0.3) is 0 Å². The summed E-state index contributed by atoms with van der Waals surface area (Å²) in [4.78, 5) is 0. The van der Waals surface area contributed by atoms with E-state index in [1.807, 2.05) is 31.2 Å². The molecule has 0 saturated heterocycles. The van der Waals surface area contributed by atoms with Gasteiger partial charge in [0.1, 0.15) is 18.5 Å². The summed E-state index contributed by atoms with van der Waals surface area (Å²) < 4.78 is 11.2. The molecule has 1 aromatic rings. The first kappa shape index (κ1) is 9.28. The Labute approximate surface area is 84.2 Å². The maximum atomic E-state index is 5.67. The summed E-state index contributed by atoms with van der Waals surface area (Å²) in [6, 6.07) is 8.00. The van der Waals surface area contributed by atoms with Crippen LogP contribution in [0.15, 0.2) is 36.4 Å². The minimum absolute atomic E-state index is 0.0721. The van der Waals surface area contributed by atoms with Crippen molar-refractivity contribution in [1.29, 1.82) is 0 Å². The molecule has 1 unspecified atom stereocenters. The molecule has 1 aliphatic heterocycles. The molecule has 1 heterocycles. The maximum Gasteiger partial charge on any atom is 0.125 e. The van der Waals surface area contributed by atoms with E-state index in [9.17, 15) is 0 Å². The summed E-state index contributed by atoms with van der Waals surface area (Å²) in [5, 5.41) is 0. The van der Waals surface area contributed by atoms with Crippen LogP contribution in [-0.4, -0.2) is 13.2 Å². The molecule has 0 spiro atoms. The molecule has 0 amide bonds. The predicted octanol–water partition coefficient (Wildman–Crippen LogP) is 2.71. The van der Waals surface area contributed by atoms with Gasteiger partial charge in [-0.3, -0.25) is 0 Å². The zero-order valence-corrected chi connectivity index (χ0v) is 8.32. The molecule has 1 aliphatic rings. The van der Waals surface area contributed by atoms with Crippen LogP contribution in [0, 0.1) is 0 Å². The van der Waals surface area contributed by atoms with E-state index >= 15 is 0 Å². The van der Waals surface area contributed by atoms with Gasteiger partial charge < -0.3 is 9.47 Å². The highest BCUT2D eigenvalue weighted by molar-refractivity contribution is 5.38. The van der Waals surface area contributed by atoms with E-state index in [1.165, 1.54) is 0 Å². The molecule has 2 heteroatoms. The Bertz CT molecular complexity index is 344. The molecule has 74 valence electrons. The third-order valence-corrected chi connectivity index (χ3v) is 2.19. The van der Waals surface area contributed by atoms with Crippen LogP contribution >= 0.6 is 0 Å². The van der Waals surface area contributed by atoms with Crippen LogP contribution in [0.1, 0.15) is 18.6 Å². The molecule has 0 bridgehead atoms. The van der Waals surface area contributed by atoms with Crippen molar-refractivity contribution in [3.8, 4) is 5.75 Å². The lowest BCUT2D eigenvalue weighted by molar-refractivity contribution is 0.0530. The summed E-state index contributed by atoms with van der Waals surface area (Å²) in [5.41, 5.74) is 2.18. The zero-order valence-electron chi connectivity index (χ0n) is 8.32. The SMILES string of the molecule is C=C(C)COC1COc2ccccc21. The molecule has 1 atom stereocenters. The number of para-hydroxylation sites is 1. The van der Waals surface area contributed by atoms with Gasteiger partial charge in [-0.15, -0.1) is 0 Å². The van der Waals surface area contributed by atoms with E-state index in [2.05, 4.69) is 6.58 Å². The molecule has 2 nitrogen and oxygen atoms in total. The first-order valence-corrected chi connectivity index (χ1v) is 4.75. The lowest BCUT2D eigenvalue weighted by atomic mass is 10.1. The van der Waals surface area contributed by atoms with Crippen LogP contribution in [0.3, 0.4) is 0 Å². The van der Waals surface area contributed by atoms with E-state index < -0.39 is 0 Å². The number of benzene rings is 1. The summed E-state index contributed by atoms with van der Waals surface area (Å²) in [7, 11) is 0. The molecule has 1 aromatic carbocycles. The second kappa shape index (κ2) is 3.84. The van der Waals surface area contributed by atoms with Gasteiger partial charge in [-0.1, -0.05) is 30.4 Å². The second-order valence-electron chi connectivity index (χ2n) is 3.61. The van der Waals surface area contributed by atoms with Gasteiger partial charge in [-0.2, -0.15) is 0 Å². The first-order valence-electron chi connectivity index (χ1n) is 4.75. The van der Waals surface area contributed by atoms with Crippen molar-refractivity contribution in [2.45, 2.75) is 13.0 Å². The van der Waals surface area contributed by atoms with Crippen molar-refractivity contribution in [3.05, 3.63) is 42.0 Å². The molecule has 0 aliphatic carbocycles. The molecule has 0 aromatic heterocycles. The fraction of sp³-hybridized carbons (Fsp3) is 0.333. The van der Waals surface area contributed by atoms with E-state index in [-0.39, 0.29) is 6.10 Å². The Morgan fingerprint density at radius 3 is 3.14 bits per heavy atom. The third kappa shape index (κ3) is 1.80. The van der Waals surface area contributed by atoms with Gasteiger partial charge in [0.15, 0.2) is 0 Å². The second-order valence-corrected chi connectivity index (χ2v) is 3.61. The summed E-state index contributed by atoms with van der Waals surface area (Å²) in [6.07, 6.45) is 0.0721. The molecule has 0 N–H and O–H groups in total. The molecule has 0 radical (unpaired) electrons. The Morgan fingerprint density at radius 1 is 1.57 bits per heavy atom. The van der Waals surface area contributed by atoms with Crippen LogP contribution in [0.25, 0.3) is 0 Å². The average molecular weight is 190 g/mol. The zero-order chi connectivity index (χ0) is 9.97. The molecular weight excluding hydrogens is 176 g/mol. The Kier molecular flexibility index (Phi) is 2.55. The van der Waals surface area contributed by atoms with E-state index in [1.54, 1.807) is 0 Å². The average Bonchev–Trinajstić information content (AvgIpc) is 2.58. The van der Waals surface area contributed by atoms with Crippen molar-refractivity contribution >= 4 is 0 Å². The van der Waals surface area contributed by atoms with Crippen LogP contribution in [0.5, 0.6) is 5.75 Å². The normalized spacial score (nSPS) is 18.8. The Hall–Kier alpha value is -1.28. The van der Waals surface area contributed by atoms with Gasteiger partial charge >= 0.3 is 0 Å². The van der Waals surface area contributed by atoms with Crippen LogP contribution in [0.4, 0.5) is 0 Å². The molecule has 0 saturated carbocycles. The minimum atomic E-state index is 0.0721. The van der Waals surface area contributed by atoms with Crippen LogP contribution < -0.4 is 4.74 Å². The fourth-order valence-corrected chi connectivity index (χ4v) is 1.51. The van der Waals surface area contributed by atoms with Crippen molar-refractivity contribution in [1.82, 2.24) is 0 Å². The Morgan fingerprint density at radius 2 is 2.36 bits per heavy atom. The van der Waals surface area contributed by atoms with Crippen molar-refractivity contribution in [2.24, 2.45) is 0 Å². The first-order chi connectivity index (χ1) is 6.77. The van der Waals surface area contributed by atoms with Crippen LogP contribution in [-0.2, 0) is 4.74 Å². The number of ether oxygens (including phenoxy) is 2. The topological polar surface area (TPSA) is 18.5 Å².